The maximum atomic E-state index is 12.4. The summed E-state index contributed by atoms with van der Waals surface area (Å²) in [5.41, 5.74) is 0.798. The molecule has 2 N–H and O–H groups in total. The number of methoxy groups -OCH3 is 1. The Kier molecular flexibility index (Phi) is 6.48. The van der Waals surface area contributed by atoms with E-state index in [-0.39, 0.29) is 31.0 Å². The molecule has 3 rings (SSSR count). The van der Waals surface area contributed by atoms with E-state index in [0.29, 0.717) is 11.7 Å². The molecule has 0 spiro atoms. The Bertz CT molecular complexity index is 926. The summed E-state index contributed by atoms with van der Waals surface area (Å²) in [6.45, 7) is 0. The van der Waals surface area contributed by atoms with E-state index in [1.165, 1.54) is 13.4 Å². The monoisotopic (exact) mass is 448 g/mol. The fourth-order valence-corrected chi connectivity index (χ4v) is 2.71. The third-order valence-corrected chi connectivity index (χ3v) is 4.40. The van der Waals surface area contributed by atoms with Crippen molar-refractivity contribution in [2.75, 3.05) is 7.11 Å². The number of nitrogens with zero attached hydrogens (tertiary/aromatic N) is 4. The van der Waals surface area contributed by atoms with Gasteiger partial charge in [0.2, 0.25) is 17.6 Å². The molecule has 0 radical (unpaired) electrons. The molecule has 0 bridgehead atoms. The van der Waals surface area contributed by atoms with Crippen LogP contribution >= 0.6 is 15.9 Å². The lowest BCUT2D eigenvalue weighted by Gasteiger charge is -2.18. The highest BCUT2D eigenvalue weighted by Crippen LogP contribution is 2.20. The van der Waals surface area contributed by atoms with Gasteiger partial charge in [-0.25, -0.2) is 4.98 Å². The Labute approximate surface area is 168 Å². The van der Waals surface area contributed by atoms with Gasteiger partial charge in [-0.1, -0.05) is 33.2 Å². The van der Waals surface area contributed by atoms with E-state index < -0.39 is 12.0 Å². The minimum atomic E-state index is -0.500. The Hall–Kier alpha value is -3.08. The van der Waals surface area contributed by atoms with E-state index in [0.717, 1.165) is 10.0 Å². The van der Waals surface area contributed by atoms with E-state index >= 15 is 0 Å². The van der Waals surface area contributed by atoms with Crippen molar-refractivity contribution in [2.24, 2.45) is 0 Å². The standard InChI is InChI=1S/C17H17BrN6O4/c1-27-15(26)8-12(10-2-4-11(18)5-3-10)21-13(25)6-7-14-22-17(24-28-14)16-19-9-20-23-16/h2-5,9,12H,6-8H2,1H3,(H,21,25)(H,19,20,23). The lowest BCUT2D eigenvalue weighted by atomic mass is 10.0. The third kappa shape index (κ3) is 5.22. The quantitative estimate of drug-likeness (QED) is 0.499. The number of aryl methyl sites for hydroxylation is 1. The predicted octanol–water partition coefficient (Wildman–Crippen LogP) is 1.97. The summed E-state index contributed by atoms with van der Waals surface area (Å²) in [6.07, 6.45) is 1.73. The maximum Gasteiger partial charge on any atom is 0.307 e. The number of benzene rings is 1. The summed E-state index contributed by atoms with van der Waals surface area (Å²) in [6, 6.07) is 6.85. The van der Waals surface area contributed by atoms with Crippen molar-refractivity contribution >= 4 is 27.8 Å². The Morgan fingerprint density at radius 1 is 1.32 bits per heavy atom. The smallest absolute Gasteiger partial charge is 0.307 e. The average Bonchev–Trinajstić information content (AvgIpc) is 3.38. The minimum absolute atomic E-state index is 0.0278. The SMILES string of the molecule is COC(=O)CC(NC(=O)CCc1nc(-c2ncn[nH]2)no1)c1ccc(Br)cc1. The summed E-state index contributed by atoms with van der Waals surface area (Å²) in [7, 11) is 1.31. The molecule has 0 aliphatic carbocycles. The number of carbonyl (C=O) groups excluding carboxylic acids is 2. The molecular weight excluding hydrogens is 432 g/mol. The lowest BCUT2D eigenvalue weighted by Crippen LogP contribution is -2.30. The van der Waals surface area contributed by atoms with Crippen molar-refractivity contribution in [1.29, 1.82) is 0 Å². The number of hydrogen-bond donors (Lipinski definition) is 2. The van der Waals surface area contributed by atoms with Crippen LogP contribution in [0, 0.1) is 0 Å². The highest BCUT2D eigenvalue weighted by molar-refractivity contribution is 9.10. The van der Waals surface area contributed by atoms with Gasteiger partial charge in [-0.3, -0.25) is 14.7 Å². The van der Waals surface area contributed by atoms with Crippen molar-refractivity contribution in [1.82, 2.24) is 30.6 Å². The molecule has 28 heavy (non-hydrogen) atoms. The van der Waals surface area contributed by atoms with Crippen molar-refractivity contribution in [2.45, 2.75) is 25.3 Å². The van der Waals surface area contributed by atoms with Gasteiger partial charge in [0.25, 0.3) is 0 Å². The Balaban J connectivity index is 1.60. The zero-order valence-corrected chi connectivity index (χ0v) is 16.5. The molecule has 0 saturated heterocycles. The number of amides is 1. The van der Waals surface area contributed by atoms with Gasteiger partial charge in [0.1, 0.15) is 6.33 Å². The summed E-state index contributed by atoms with van der Waals surface area (Å²) in [5.74, 6) is 0.284. The van der Waals surface area contributed by atoms with Crippen LogP contribution in [0.2, 0.25) is 0 Å². The molecule has 0 fully saturated rings. The van der Waals surface area contributed by atoms with Crippen LogP contribution in [0.5, 0.6) is 0 Å². The van der Waals surface area contributed by atoms with Crippen molar-refractivity contribution in [3.63, 3.8) is 0 Å². The van der Waals surface area contributed by atoms with Gasteiger partial charge in [0.15, 0.2) is 5.82 Å². The number of rotatable bonds is 8. The van der Waals surface area contributed by atoms with Gasteiger partial charge in [-0.15, -0.1) is 0 Å². The zero-order valence-electron chi connectivity index (χ0n) is 14.9. The number of esters is 1. The number of H-pyrrole nitrogens is 1. The molecule has 1 amide bonds. The highest BCUT2D eigenvalue weighted by Gasteiger charge is 2.20. The lowest BCUT2D eigenvalue weighted by molar-refractivity contribution is -0.141. The van der Waals surface area contributed by atoms with Crippen molar-refractivity contribution in [3.8, 4) is 11.6 Å². The third-order valence-electron chi connectivity index (χ3n) is 3.87. The molecule has 1 aromatic carbocycles. The minimum Gasteiger partial charge on any atom is -0.469 e. The molecule has 0 aliphatic rings. The molecule has 2 heterocycles. The number of nitrogens with one attached hydrogen (secondary N) is 2. The van der Waals surface area contributed by atoms with E-state index in [2.05, 4.69) is 46.6 Å². The van der Waals surface area contributed by atoms with Crippen LogP contribution in [0.4, 0.5) is 0 Å². The molecule has 1 unspecified atom stereocenters. The summed E-state index contributed by atoms with van der Waals surface area (Å²) < 4.78 is 10.7. The first-order valence-corrected chi connectivity index (χ1v) is 9.14. The van der Waals surface area contributed by atoms with E-state index in [9.17, 15) is 9.59 Å². The van der Waals surface area contributed by atoms with E-state index in [4.69, 9.17) is 9.26 Å². The molecule has 0 aliphatic heterocycles. The van der Waals surface area contributed by atoms with Crippen molar-refractivity contribution < 1.29 is 18.8 Å². The van der Waals surface area contributed by atoms with Crippen molar-refractivity contribution in [3.05, 3.63) is 46.5 Å². The number of aromatic amines is 1. The summed E-state index contributed by atoms with van der Waals surface area (Å²) in [4.78, 5) is 32.2. The van der Waals surface area contributed by atoms with Crippen LogP contribution in [-0.4, -0.2) is 44.3 Å². The van der Waals surface area contributed by atoms with Crippen LogP contribution in [-0.2, 0) is 20.7 Å². The number of hydrogen-bond acceptors (Lipinski definition) is 8. The summed E-state index contributed by atoms with van der Waals surface area (Å²) >= 11 is 3.36. The van der Waals surface area contributed by atoms with Gasteiger partial charge in [-0.05, 0) is 17.7 Å². The molecule has 0 saturated carbocycles. The van der Waals surface area contributed by atoms with Gasteiger partial charge < -0.3 is 14.6 Å². The highest BCUT2D eigenvalue weighted by atomic mass is 79.9. The first-order chi connectivity index (χ1) is 13.5. The summed E-state index contributed by atoms with van der Waals surface area (Å²) in [5, 5.41) is 13.0. The second-order valence-electron chi connectivity index (χ2n) is 5.80. The molecule has 11 heteroatoms. The van der Waals surface area contributed by atoms with Crippen LogP contribution in [0.25, 0.3) is 11.6 Å². The van der Waals surface area contributed by atoms with Crippen LogP contribution in [0.1, 0.15) is 30.3 Å². The maximum absolute atomic E-state index is 12.4. The fourth-order valence-electron chi connectivity index (χ4n) is 2.45. The topological polar surface area (TPSA) is 136 Å². The molecule has 10 nitrogen and oxygen atoms in total. The molecule has 3 aromatic rings. The number of carbonyl (C=O) groups is 2. The predicted molar refractivity (Wildman–Crippen MR) is 99.7 cm³/mol. The molecule has 1 atom stereocenters. The van der Waals surface area contributed by atoms with Gasteiger partial charge >= 0.3 is 5.97 Å². The van der Waals surface area contributed by atoms with Crippen LogP contribution < -0.4 is 5.32 Å². The second kappa shape index (κ2) is 9.22. The Morgan fingerprint density at radius 3 is 2.79 bits per heavy atom. The number of halogens is 1. The fraction of sp³-hybridized carbons (Fsp3) is 0.294. The van der Waals surface area contributed by atoms with E-state index in [1.807, 2.05) is 24.3 Å². The van der Waals surface area contributed by atoms with Crippen LogP contribution in [0.3, 0.4) is 0 Å². The largest absolute Gasteiger partial charge is 0.469 e. The van der Waals surface area contributed by atoms with Gasteiger partial charge in [0.05, 0.1) is 19.6 Å². The first-order valence-electron chi connectivity index (χ1n) is 8.35. The van der Waals surface area contributed by atoms with Gasteiger partial charge in [-0.2, -0.15) is 10.1 Å². The van der Waals surface area contributed by atoms with E-state index in [1.54, 1.807) is 0 Å². The normalized spacial score (nSPS) is 11.8. The van der Waals surface area contributed by atoms with Crippen LogP contribution in [0.15, 0.2) is 39.6 Å². The number of aromatic nitrogens is 5. The molecule has 2 aromatic heterocycles. The average molecular weight is 449 g/mol. The number of ether oxygens (including phenoxy) is 1. The second-order valence-corrected chi connectivity index (χ2v) is 6.71. The Morgan fingerprint density at radius 2 is 2.11 bits per heavy atom. The zero-order chi connectivity index (χ0) is 19.9. The molecular formula is C17H17BrN6O4. The molecule has 146 valence electrons. The first kappa shape index (κ1) is 19.7. The van der Waals surface area contributed by atoms with Gasteiger partial charge in [0, 0.05) is 17.3 Å².